The van der Waals surface area contributed by atoms with Crippen molar-refractivity contribution >= 4 is 32.8 Å². The first-order valence-corrected chi connectivity index (χ1v) is 7.68. The van der Waals surface area contributed by atoms with Crippen LogP contribution in [0.1, 0.15) is 6.04 Å². The second-order valence-corrected chi connectivity index (χ2v) is 6.28. The molecule has 0 amide bonds. The zero-order valence-corrected chi connectivity index (χ0v) is 13.4. The van der Waals surface area contributed by atoms with E-state index in [2.05, 4.69) is 35.9 Å². The smallest absolute Gasteiger partial charge is 0.262 e. The lowest BCUT2D eigenvalue weighted by molar-refractivity contribution is 0.360. The van der Waals surface area contributed by atoms with Gasteiger partial charge in [-0.1, -0.05) is 0 Å². The lowest BCUT2D eigenvalue weighted by Crippen LogP contribution is -2.50. The van der Waals surface area contributed by atoms with E-state index in [-0.39, 0.29) is 5.56 Å². The summed E-state index contributed by atoms with van der Waals surface area (Å²) in [6, 6.07) is 2.00. The maximum absolute atomic E-state index is 12.4. The third kappa shape index (κ3) is 2.02. The van der Waals surface area contributed by atoms with Crippen LogP contribution in [-0.2, 0) is 7.05 Å². The van der Waals surface area contributed by atoms with Crippen LogP contribution in [0.2, 0.25) is 0 Å². The van der Waals surface area contributed by atoms with Gasteiger partial charge in [-0.2, -0.15) is 5.10 Å². The number of halogens is 1. The zero-order valence-electron chi connectivity index (χ0n) is 11.8. The Hall–Kier alpha value is -2.22. The van der Waals surface area contributed by atoms with Gasteiger partial charge in [0, 0.05) is 32.5 Å². The van der Waals surface area contributed by atoms with Gasteiger partial charge in [-0.05, 0) is 22.0 Å². The van der Waals surface area contributed by atoms with Gasteiger partial charge in [-0.15, -0.1) is 0 Å². The number of fused-ring (bicyclic) bond motifs is 1. The number of rotatable bonds is 2. The average molecular weight is 361 g/mol. The summed E-state index contributed by atoms with van der Waals surface area (Å²) in [5.41, 5.74) is 0.582. The Bertz CT molecular complexity index is 911. The standard InChI is InChI=1S/C14H13BrN6O/c1-19-13(22)11-2-3-16-5-12(11)18-14(19)20-7-10(8-20)21-6-9(15)4-17-21/h2-6,10H,7-8H2,1H3. The Balaban J connectivity index is 1.66. The first-order chi connectivity index (χ1) is 10.6. The molecule has 112 valence electrons. The highest BCUT2D eigenvalue weighted by Crippen LogP contribution is 2.26. The predicted molar refractivity (Wildman–Crippen MR) is 86.0 cm³/mol. The van der Waals surface area contributed by atoms with Crippen LogP contribution >= 0.6 is 15.9 Å². The van der Waals surface area contributed by atoms with Gasteiger partial charge in [0.05, 0.1) is 33.8 Å². The van der Waals surface area contributed by atoms with E-state index in [9.17, 15) is 4.79 Å². The molecule has 4 rings (SSSR count). The molecule has 0 bridgehead atoms. The molecule has 7 nitrogen and oxygen atoms in total. The summed E-state index contributed by atoms with van der Waals surface area (Å²) >= 11 is 3.40. The fourth-order valence-electron chi connectivity index (χ4n) is 2.69. The largest absolute Gasteiger partial charge is 0.338 e. The summed E-state index contributed by atoms with van der Waals surface area (Å²) in [5.74, 6) is 0.674. The molecule has 8 heteroatoms. The van der Waals surface area contributed by atoms with E-state index in [0.717, 1.165) is 17.6 Å². The number of aromatic nitrogens is 5. The van der Waals surface area contributed by atoms with Crippen molar-refractivity contribution in [2.75, 3.05) is 18.0 Å². The molecule has 3 aromatic heterocycles. The predicted octanol–water partition coefficient (Wildman–Crippen LogP) is 1.35. The van der Waals surface area contributed by atoms with Crippen molar-refractivity contribution in [2.24, 2.45) is 7.05 Å². The average Bonchev–Trinajstić information content (AvgIpc) is 2.89. The highest BCUT2D eigenvalue weighted by molar-refractivity contribution is 9.10. The van der Waals surface area contributed by atoms with Crippen LogP contribution in [0, 0.1) is 0 Å². The molecule has 0 aliphatic carbocycles. The molecule has 1 saturated heterocycles. The summed E-state index contributed by atoms with van der Waals surface area (Å²) in [6.45, 7) is 1.56. The van der Waals surface area contributed by atoms with Crippen molar-refractivity contribution < 1.29 is 0 Å². The van der Waals surface area contributed by atoms with Crippen molar-refractivity contribution in [3.05, 3.63) is 45.7 Å². The minimum Gasteiger partial charge on any atom is -0.338 e. The third-order valence-electron chi connectivity index (χ3n) is 3.94. The monoisotopic (exact) mass is 360 g/mol. The molecular formula is C14H13BrN6O. The highest BCUT2D eigenvalue weighted by atomic mass is 79.9. The van der Waals surface area contributed by atoms with Gasteiger partial charge in [0.25, 0.3) is 5.56 Å². The number of hydrogen-bond acceptors (Lipinski definition) is 5. The third-order valence-corrected chi connectivity index (χ3v) is 4.35. The van der Waals surface area contributed by atoms with E-state index in [1.807, 2.05) is 10.9 Å². The lowest BCUT2D eigenvalue weighted by atomic mass is 10.1. The Kier molecular flexibility index (Phi) is 3.00. The summed E-state index contributed by atoms with van der Waals surface area (Å²) in [5, 5.41) is 4.89. The molecule has 0 radical (unpaired) electrons. The van der Waals surface area contributed by atoms with Crippen LogP contribution in [0.3, 0.4) is 0 Å². The van der Waals surface area contributed by atoms with Crippen molar-refractivity contribution in [3.8, 4) is 0 Å². The van der Waals surface area contributed by atoms with Gasteiger partial charge in [-0.3, -0.25) is 19.0 Å². The van der Waals surface area contributed by atoms with Gasteiger partial charge in [-0.25, -0.2) is 4.98 Å². The summed E-state index contributed by atoms with van der Waals surface area (Å²) < 4.78 is 4.49. The lowest BCUT2D eigenvalue weighted by Gasteiger charge is -2.40. The van der Waals surface area contributed by atoms with Crippen LogP contribution in [0.4, 0.5) is 5.95 Å². The molecule has 1 aliphatic heterocycles. The zero-order chi connectivity index (χ0) is 15.3. The molecular weight excluding hydrogens is 348 g/mol. The maximum atomic E-state index is 12.4. The van der Waals surface area contributed by atoms with E-state index in [1.165, 1.54) is 0 Å². The number of pyridine rings is 1. The van der Waals surface area contributed by atoms with E-state index in [4.69, 9.17) is 0 Å². The molecule has 0 spiro atoms. The second kappa shape index (κ2) is 4.91. The van der Waals surface area contributed by atoms with Crippen LogP contribution in [0.15, 0.2) is 40.1 Å². The minimum absolute atomic E-state index is 0.0484. The quantitative estimate of drug-likeness (QED) is 0.689. The highest BCUT2D eigenvalue weighted by Gasteiger charge is 2.31. The van der Waals surface area contributed by atoms with Crippen molar-refractivity contribution in [2.45, 2.75) is 6.04 Å². The second-order valence-electron chi connectivity index (χ2n) is 5.37. The minimum atomic E-state index is -0.0484. The molecule has 4 heterocycles. The van der Waals surface area contributed by atoms with Crippen LogP contribution in [-0.4, -0.2) is 37.4 Å². The maximum Gasteiger partial charge on any atom is 0.262 e. The molecule has 0 N–H and O–H groups in total. The Morgan fingerprint density at radius 2 is 2.14 bits per heavy atom. The number of hydrogen-bond donors (Lipinski definition) is 0. The molecule has 1 aliphatic rings. The molecule has 3 aromatic rings. The molecule has 0 atom stereocenters. The van der Waals surface area contributed by atoms with Crippen LogP contribution < -0.4 is 10.5 Å². The molecule has 0 unspecified atom stereocenters. The first-order valence-electron chi connectivity index (χ1n) is 6.89. The number of nitrogens with zero attached hydrogens (tertiary/aromatic N) is 6. The summed E-state index contributed by atoms with van der Waals surface area (Å²) in [6.07, 6.45) is 6.97. The molecule has 0 saturated carbocycles. The van der Waals surface area contributed by atoms with Gasteiger partial charge in [0.15, 0.2) is 0 Å². The molecule has 1 fully saturated rings. The Morgan fingerprint density at radius 3 is 2.86 bits per heavy atom. The van der Waals surface area contributed by atoms with E-state index < -0.39 is 0 Å². The topological polar surface area (TPSA) is 68.8 Å². The normalized spacial score (nSPS) is 15.3. The fourth-order valence-corrected chi connectivity index (χ4v) is 2.99. The Labute approximate surface area is 134 Å². The van der Waals surface area contributed by atoms with Crippen molar-refractivity contribution in [3.63, 3.8) is 0 Å². The van der Waals surface area contributed by atoms with Gasteiger partial charge >= 0.3 is 0 Å². The van der Waals surface area contributed by atoms with Gasteiger partial charge < -0.3 is 4.90 Å². The summed E-state index contributed by atoms with van der Waals surface area (Å²) in [4.78, 5) is 23.1. The van der Waals surface area contributed by atoms with E-state index in [0.29, 0.717) is 22.9 Å². The SMILES string of the molecule is Cn1c(N2CC(n3cc(Br)cn3)C2)nc2cnccc2c1=O. The van der Waals surface area contributed by atoms with E-state index >= 15 is 0 Å². The van der Waals surface area contributed by atoms with Crippen molar-refractivity contribution in [1.29, 1.82) is 0 Å². The van der Waals surface area contributed by atoms with Crippen molar-refractivity contribution in [1.82, 2.24) is 24.3 Å². The first kappa shape index (κ1) is 13.4. The van der Waals surface area contributed by atoms with Gasteiger partial charge in [0.2, 0.25) is 5.95 Å². The van der Waals surface area contributed by atoms with Crippen LogP contribution in [0.25, 0.3) is 10.9 Å². The molecule has 22 heavy (non-hydrogen) atoms. The fraction of sp³-hybridized carbons (Fsp3) is 0.286. The Morgan fingerprint density at radius 1 is 1.32 bits per heavy atom. The van der Waals surface area contributed by atoms with E-state index in [1.54, 1.807) is 36.3 Å². The number of anilines is 1. The molecule has 0 aromatic carbocycles. The van der Waals surface area contributed by atoms with Crippen LogP contribution in [0.5, 0.6) is 0 Å². The van der Waals surface area contributed by atoms with Gasteiger partial charge in [0.1, 0.15) is 0 Å². The summed E-state index contributed by atoms with van der Waals surface area (Å²) in [7, 11) is 1.75.